The van der Waals surface area contributed by atoms with E-state index < -0.39 is 5.97 Å². The summed E-state index contributed by atoms with van der Waals surface area (Å²) >= 11 is 1.58. The van der Waals surface area contributed by atoms with Crippen molar-refractivity contribution in [3.8, 4) is 0 Å². The van der Waals surface area contributed by atoms with Crippen LogP contribution in [0, 0.1) is 12.8 Å². The highest BCUT2D eigenvalue weighted by Gasteiger charge is 2.10. The van der Waals surface area contributed by atoms with Gasteiger partial charge >= 0.3 is 5.97 Å². The van der Waals surface area contributed by atoms with Gasteiger partial charge in [0.05, 0.1) is 11.7 Å². The lowest BCUT2D eigenvalue weighted by Gasteiger charge is -2.07. The first-order chi connectivity index (χ1) is 9.99. The fraction of sp³-hybridized carbons (Fsp3) is 0.500. The quantitative estimate of drug-likeness (QED) is 0.688. The lowest BCUT2D eigenvalue weighted by atomic mass is 10.1. The van der Waals surface area contributed by atoms with E-state index in [-0.39, 0.29) is 11.8 Å². The molecule has 0 aliphatic carbocycles. The van der Waals surface area contributed by atoms with Crippen LogP contribution in [0.15, 0.2) is 24.3 Å². The largest absolute Gasteiger partial charge is 0.481 e. The second-order valence-electron chi connectivity index (χ2n) is 5.21. The molecule has 1 amide bonds. The number of amides is 1. The zero-order chi connectivity index (χ0) is 15.7. The average molecular weight is 309 g/mol. The van der Waals surface area contributed by atoms with Crippen LogP contribution in [0.4, 0.5) is 0 Å². The Morgan fingerprint density at radius 2 is 1.95 bits per heavy atom. The maximum atomic E-state index is 11.6. The monoisotopic (exact) mass is 309 g/mol. The molecule has 0 aliphatic rings. The van der Waals surface area contributed by atoms with Gasteiger partial charge in [-0.05, 0) is 25.3 Å². The van der Waals surface area contributed by atoms with Crippen LogP contribution in [0.3, 0.4) is 0 Å². The molecule has 2 N–H and O–H groups in total. The molecule has 0 saturated heterocycles. The minimum absolute atomic E-state index is 0.00934. The van der Waals surface area contributed by atoms with E-state index in [4.69, 9.17) is 5.11 Å². The van der Waals surface area contributed by atoms with Crippen molar-refractivity contribution in [2.24, 2.45) is 5.92 Å². The topological polar surface area (TPSA) is 66.4 Å². The van der Waals surface area contributed by atoms with Crippen LogP contribution in [0.2, 0.25) is 0 Å². The molecule has 0 aliphatic heterocycles. The van der Waals surface area contributed by atoms with Crippen LogP contribution in [0.5, 0.6) is 0 Å². The molecule has 0 heterocycles. The molecule has 116 valence electrons. The predicted molar refractivity (Wildman–Crippen MR) is 86.4 cm³/mol. The third-order valence-electron chi connectivity index (χ3n) is 3.18. The third-order valence-corrected chi connectivity index (χ3v) is 4.18. The number of carboxylic acids is 1. The van der Waals surface area contributed by atoms with Crippen molar-refractivity contribution in [3.05, 3.63) is 35.4 Å². The van der Waals surface area contributed by atoms with E-state index in [2.05, 4.69) is 36.5 Å². The van der Waals surface area contributed by atoms with Gasteiger partial charge in [0.15, 0.2) is 0 Å². The summed E-state index contributed by atoms with van der Waals surface area (Å²) in [7, 11) is 0. The summed E-state index contributed by atoms with van der Waals surface area (Å²) in [6.07, 6.45) is 1.29. The molecule has 1 rings (SSSR count). The van der Waals surface area contributed by atoms with Crippen LogP contribution >= 0.6 is 11.8 Å². The summed E-state index contributed by atoms with van der Waals surface area (Å²) < 4.78 is 0. The molecule has 1 aromatic rings. The second-order valence-corrected chi connectivity index (χ2v) is 6.20. The van der Waals surface area contributed by atoms with Gasteiger partial charge in [-0.2, -0.15) is 0 Å². The molecule has 21 heavy (non-hydrogen) atoms. The summed E-state index contributed by atoms with van der Waals surface area (Å²) in [5, 5.41) is 11.6. The Balaban J connectivity index is 2.09. The predicted octanol–water partition coefficient (Wildman–Crippen LogP) is 2.85. The van der Waals surface area contributed by atoms with E-state index >= 15 is 0 Å². The van der Waals surface area contributed by atoms with Crippen molar-refractivity contribution >= 4 is 23.6 Å². The Kier molecular flexibility index (Phi) is 7.90. The molecular weight excluding hydrogens is 286 g/mol. The minimum Gasteiger partial charge on any atom is -0.481 e. The number of thioether (sulfide) groups is 1. The van der Waals surface area contributed by atoms with Gasteiger partial charge in [-0.1, -0.05) is 36.8 Å². The van der Waals surface area contributed by atoms with Crippen LogP contribution in [-0.2, 0) is 15.3 Å². The summed E-state index contributed by atoms with van der Waals surface area (Å²) in [6.45, 7) is 4.28. The number of hydrogen-bond donors (Lipinski definition) is 2. The van der Waals surface area contributed by atoms with Crippen molar-refractivity contribution in [2.75, 3.05) is 12.3 Å². The van der Waals surface area contributed by atoms with Gasteiger partial charge in [-0.3, -0.25) is 9.59 Å². The van der Waals surface area contributed by atoms with Gasteiger partial charge in [0.25, 0.3) is 0 Å². The Morgan fingerprint density at radius 1 is 1.29 bits per heavy atom. The zero-order valence-corrected chi connectivity index (χ0v) is 13.4. The Bertz CT molecular complexity index is 459. The number of aliphatic carboxylic acids is 1. The van der Waals surface area contributed by atoms with Gasteiger partial charge in [-0.25, -0.2) is 0 Å². The molecule has 0 fully saturated rings. The highest BCUT2D eigenvalue weighted by atomic mass is 32.2. The van der Waals surface area contributed by atoms with E-state index in [9.17, 15) is 9.59 Å². The molecule has 1 unspecified atom stereocenters. The first-order valence-electron chi connectivity index (χ1n) is 7.12. The van der Waals surface area contributed by atoms with Gasteiger partial charge < -0.3 is 10.4 Å². The third kappa shape index (κ3) is 7.75. The standard InChI is InChI=1S/C16H23NO3S/c1-12-5-7-14(8-6-12)10-21-11-15(18)17-9-3-4-13(2)16(19)20/h5-8,13H,3-4,9-11H2,1-2H3,(H,17,18)(H,19,20). The molecule has 0 saturated carbocycles. The second kappa shape index (κ2) is 9.45. The molecule has 0 bridgehead atoms. The number of rotatable bonds is 9. The SMILES string of the molecule is Cc1ccc(CSCC(=O)NCCCC(C)C(=O)O)cc1. The number of nitrogens with one attached hydrogen (secondary N) is 1. The van der Waals surface area contributed by atoms with Crippen LogP contribution in [-0.4, -0.2) is 29.3 Å². The number of carboxylic acid groups (broad SMARTS) is 1. The Morgan fingerprint density at radius 3 is 2.57 bits per heavy atom. The Labute approximate surface area is 130 Å². The molecule has 0 spiro atoms. The van der Waals surface area contributed by atoms with Crippen molar-refractivity contribution in [2.45, 2.75) is 32.4 Å². The molecule has 4 nitrogen and oxygen atoms in total. The van der Waals surface area contributed by atoms with Gasteiger partial charge in [-0.15, -0.1) is 11.8 Å². The first kappa shape index (κ1) is 17.6. The summed E-state index contributed by atoms with van der Waals surface area (Å²) in [5.74, 6) is 0.134. The normalized spacial score (nSPS) is 11.9. The first-order valence-corrected chi connectivity index (χ1v) is 8.27. The summed E-state index contributed by atoms with van der Waals surface area (Å²) in [4.78, 5) is 22.3. The molecule has 5 heteroatoms. The lowest BCUT2D eigenvalue weighted by Crippen LogP contribution is -2.26. The average Bonchev–Trinajstić information content (AvgIpc) is 2.45. The van der Waals surface area contributed by atoms with Crippen LogP contribution in [0.1, 0.15) is 30.9 Å². The fourth-order valence-electron chi connectivity index (χ4n) is 1.76. The number of carbonyl (C=O) groups excluding carboxylic acids is 1. The fourth-order valence-corrected chi connectivity index (χ4v) is 2.57. The lowest BCUT2D eigenvalue weighted by molar-refractivity contribution is -0.141. The van der Waals surface area contributed by atoms with Crippen LogP contribution in [0.25, 0.3) is 0 Å². The number of aryl methyl sites for hydroxylation is 1. The van der Waals surface area contributed by atoms with Gasteiger partial charge in [0.1, 0.15) is 0 Å². The maximum absolute atomic E-state index is 11.6. The van der Waals surface area contributed by atoms with Crippen molar-refractivity contribution < 1.29 is 14.7 Å². The van der Waals surface area contributed by atoms with Gasteiger partial charge in [0.2, 0.25) is 5.91 Å². The van der Waals surface area contributed by atoms with E-state index in [1.54, 1.807) is 18.7 Å². The van der Waals surface area contributed by atoms with Crippen molar-refractivity contribution in [1.82, 2.24) is 5.32 Å². The minimum atomic E-state index is -0.782. The molecule has 1 aromatic carbocycles. The highest BCUT2D eigenvalue weighted by Crippen LogP contribution is 2.12. The van der Waals surface area contributed by atoms with Crippen LogP contribution < -0.4 is 5.32 Å². The number of hydrogen-bond acceptors (Lipinski definition) is 3. The highest BCUT2D eigenvalue weighted by molar-refractivity contribution is 7.99. The maximum Gasteiger partial charge on any atom is 0.306 e. The molecule has 0 aromatic heterocycles. The van der Waals surface area contributed by atoms with E-state index in [0.29, 0.717) is 25.1 Å². The van der Waals surface area contributed by atoms with Crippen molar-refractivity contribution in [1.29, 1.82) is 0 Å². The molecule has 1 atom stereocenters. The number of benzene rings is 1. The smallest absolute Gasteiger partial charge is 0.306 e. The Hall–Kier alpha value is -1.49. The van der Waals surface area contributed by atoms with Gasteiger partial charge in [0, 0.05) is 12.3 Å². The van der Waals surface area contributed by atoms with E-state index in [0.717, 1.165) is 5.75 Å². The number of carbonyl (C=O) groups is 2. The van der Waals surface area contributed by atoms with E-state index in [1.165, 1.54) is 11.1 Å². The summed E-state index contributed by atoms with van der Waals surface area (Å²) in [6, 6.07) is 8.29. The molecule has 0 radical (unpaired) electrons. The molecular formula is C16H23NO3S. The van der Waals surface area contributed by atoms with Crippen molar-refractivity contribution in [3.63, 3.8) is 0 Å². The zero-order valence-electron chi connectivity index (χ0n) is 12.6. The van der Waals surface area contributed by atoms with E-state index in [1.807, 2.05) is 0 Å². The summed E-state index contributed by atoms with van der Waals surface area (Å²) in [5.41, 5.74) is 2.45.